The van der Waals surface area contributed by atoms with E-state index in [9.17, 15) is 0 Å². The summed E-state index contributed by atoms with van der Waals surface area (Å²) >= 11 is 0. The zero-order valence-corrected chi connectivity index (χ0v) is 8.22. The summed E-state index contributed by atoms with van der Waals surface area (Å²) in [4.78, 5) is 3.70. The van der Waals surface area contributed by atoms with E-state index in [-0.39, 0.29) is 0 Å². The van der Waals surface area contributed by atoms with Crippen LogP contribution in [-0.2, 0) is 0 Å². The molecule has 0 bridgehead atoms. The minimum Gasteiger partial charge on any atom is -0.319 e. The van der Waals surface area contributed by atoms with Crippen LogP contribution in [0.3, 0.4) is 0 Å². The summed E-state index contributed by atoms with van der Waals surface area (Å²) in [5.41, 5.74) is 2.51. The van der Waals surface area contributed by atoms with Crippen molar-refractivity contribution in [1.29, 1.82) is 0 Å². The van der Waals surface area contributed by atoms with E-state index in [0.29, 0.717) is 0 Å². The second-order valence-electron chi connectivity index (χ2n) is 2.90. The first-order valence-corrected chi connectivity index (χ1v) is 4.15. The van der Waals surface area contributed by atoms with E-state index in [1.165, 1.54) is 5.57 Å². The van der Waals surface area contributed by atoms with E-state index in [1.807, 2.05) is 14.0 Å². The maximum Gasteiger partial charge on any atom is 0.0289 e. The molecule has 1 N–H and O–H groups in total. The van der Waals surface area contributed by atoms with E-state index in [2.05, 4.69) is 30.0 Å². The SMILES string of the molecule is C=N/C=C(C)\C=C(\C)CCNC. The molecule has 0 aliphatic rings. The highest BCUT2D eigenvalue weighted by Gasteiger charge is 1.88. The molecule has 0 aromatic heterocycles. The Morgan fingerprint density at radius 2 is 2.17 bits per heavy atom. The third-order valence-corrected chi connectivity index (χ3v) is 1.54. The molecule has 0 aromatic rings. The van der Waals surface area contributed by atoms with Gasteiger partial charge in [0.05, 0.1) is 0 Å². The normalized spacial score (nSPS) is 13.2. The fourth-order valence-electron chi connectivity index (χ4n) is 0.964. The molecule has 0 spiro atoms. The molecule has 0 fully saturated rings. The molecule has 68 valence electrons. The minimum absolute atomic E-state index is 1.02. The van der Waals surface area contributed by atoms with Crippen molar-refractivity contribution in [2.24, 2.45) is 4.99 Å². The molecule has 0 saturated heterocycles. The molecular weight excluding hydrogens is 148 g/mol. The van der Waals surface area contributed by atoms with Crippen molar-refractivity contribution >= 4 is 6.72 Å². The predicted octanol–water partition coefficient (Wildman–Crippen LogP) is 2.15. The van der Waals surface area contributed by atoms with Crippen molar-refractivity contribution < 1.29 is 0 Å². The van der Waals surface area contributed by atoms with Crippen LogP contribution in [-0.4, -0.2) is 20.3 Å². The summed E-state index contributed by atoms with van der Waals surface area (Å²) in [5, 5.41) is 3.11. The highest BCUT2D eigenvalue weighted by Crippen LogP contribution is 2.04. The lowest BCUT2D eigenvalue weighted by Gasteiger charge is -1.99. The lowest BCUT2D eigenvalue weighted by Crippen LogP contribution is -2.07. The quantitative estimate of drug-likeness (QED) is 0.491. The molecule has 0 rings (SSSR count). The Hall–Kier alpha value is -0.890. The largest absolute Gasteiger partial charge is 0.319 e. The van der Waals surface area contributed by atoms with Crippen molar-refractivity contribution in [3.8, 4) is 0 Å². The van der Waals surface area contributed by atoms with Gasteiger partial charge in [0.1, 0.15) is 0 Å². The number of nitrogens with zero attached hydrogens (tertiary/aromatic N) is 1. The van der Waals surface area contributed by atoms with Gasteiger partial charge in [-0.25, -0.2) is 0 Å². The van der Waals surface area contributed by atoms with Gasteiger partial charge in [-0.05, 0) is 46.2 Å². The summed E-state index contributed by atoms with van der Waals surface area (Å²) in [6.07, 6.45) is 4.98. The van der Waals surface area contributed by atoms with E-state index < -0.39 is 0 Å². The number of nitrogens with one attached hydrogen (secondary N) is 1. The van der Waals surface area contributed by atoms with Crippen LogP contribution in [0.4, 0.5) is 0 Å². The molecule has 0 atom stereocenters. The second kappa shape index (κ2) is 6.80. The van der Waals surface area contributed by atoms with Gasteiger partial charge in [-0.1, -0.05) is 11.6 Å². The van der Waals surface area contributed by atoms with Crippen molar-refractivity contribution in [2.45, 2.75) is 20.3 Å². The van der Waals surface area contributed by atoms with Gasteiger partial charge in [0, 0.05) is 6.20 Å². The molecule has 2 nitrogen and oxygen atoms in total. The Morgan fingerprint density at radius 3 is 2.67 bits per heavy atom. The average Bonchev–Trinajstić information content (AvgIpc) is 2.01. The van der Waals surface area contributed by atoms with E-state index in [0.717, 1.165) is 18.5 Å². The van der Waals surface area contributed by atoms with Crippen LogP contribution in [0.2, 0.25) is 0 Å². The molecule has 0 aliphatic heterocycles. The van der Waals surface area contributed by atoms with Gasteiger partial charge >= 0.3 is 0 Å². The highest BCUT2D eigenvalue weighted by molar-refractivity contribution is 5.29. The summed E-state index contributed by atoms with van der Waals surface area (Å²) in [6, 6.07) is 0. The maximum atomic E-state index is 3.70. The van der Waals surface area contributed by atoms with Crippen LogP contribution in [0, 0.1) is 0 Å². The Bertz CT molecular complexity index is 190. The first-order chi connectivity index (χ1) is 5.70. The zero-order valence-electron chi connectivity index (χ0n) is 8.22. The monoisotopic (exact) mass is 166 g/mol. The Morgan fingerprint density at radius 1 is 1.50 bits per heavy atom. The first-order valence-electron chi connectivity index (χ1n) is 4.15. The number of hydrogen-bond acceptors (Lipinski definition) is 2. The molecule has 0 heterocycles. The zero-order chi connectivity index (χ0) is 9.40. The highest BCUT2D eigenvalue weighted by atomic mass is 14.8. The van der Waals surface area contributed by atoms with Crippen LogP contribution >= 0.6 is 0 Å². The van der Waals surface area contributed by atoms with Gasteiger partial charge < -0.3 is 5.32 Å². The van der Waals surface area contributed by atoms with Gasteiger partial charge in [0.2, 0.25) is 0 Å². The van der Waals surface area contributed by atoms with Crippen molar-refractivity contribution in [1.82, 2.24) is 5.32 Å². The van der Waals surface area contributed by atoms with Crippen LogP contribution in [0.25, 0.3) is 0 Å². The smallest absolute Gasteiger partial charge is 0.0289 e. The fourth-order valence-corrected chi connectivity index (χ4v) is 0.964. The lowest BCUT2D eigenvalue weighted by molar-refractivity contribution is 0.785. The number of allylic oxidation sites excluding steroid dienone is 2. The molecule has 0 radical (unpaired) electrons. The second-order valence-corrected chi connectivity index (χ2v) is 2.90. The van der Waals surface area contributed by atoms with E-state index in [1.54, 1.807) is 6.20 Å². The van der Waals surface area contributed by atoms with Crippen molar-refractivity contribution in [2.75, 3.05) is 13.6 Å². The van der Waals surface area contributed by atoms with Crippen LogP contribution in [0.1, 0.15) is 20.3 Å². The van der Waals surface area contributed by atoms with Gasteiger partial charge in [0.15, 0.2) is 0 Å². The van der Waals surface area contributed by atoms with Crippen molar-refractivity contribution in [3.63, 3.8) is 0 Å². The van der Waals surface area contributed by atoms with Crippen LogP contribution in [0.5, 0.6) is 0 Å². The van der Waals surface area contributed by atoms with E-state index in [4.69, 9.17) is 0 Å². The molecule has 0 amide bonds. The molecule has 12 heavy (non-hydrogen) atoms. The molecule has 2 heteroatoms. The minimum atomic E-state index is 1.02. The van der Waals surface area contributed by atoms with Gasteiger partial charge in [-0.3, -0.25) is 4.99 Å². The lowest BCUT2D eigenvalue weighted by atomic mass is 10.1. The average molecular weight is 166 g/mol. The molecule has 0 aliphatic carbocycles. The number of hydrogen-bond donors (Lipinski definition) is 1. The molecule has 0 aromatic carbocycles. The number of aliphatic imine (C=N–C) groups is 1. The van der Waals surface area contributed by atoms with Crippen LogP contribution < -0.4 is 5.32 Å². The van der Waals surface area contributed by atoms with Gasteiger partial charge in [-0.15, -0.1) is 0 Å². The molecular formula is C10H18N2. The van der Waals surface area contributed by atoms with Gasteiger partial charge in [0.25, 0.3) is 0 Å². The predicted molar refractivity (Wildman–Crippen MR) is 55.6 cm³/mol. The molecule has 0 unspecified atom stereocenters. The third kappa shape index (κ3) is 5.86. The van der Waals surface area contributed by atoms with Gasteiger partial charge in [-0.2, -0.15) is 0 Å². The molecule has 0 saturated carbocycles. The maximum absolute atomic E-state index is 3.70. The standard InChI is InChI=1S/C10H18N2/c1-9(5-6-11-3)7-10(2)8-12-4/h7-8,11H,4-6H2,1-3H3/b9-7-,10-8-. The Balaban J connectivity index is 3.97. The Kier molecular flexibility index (Phi) is 6.29. The fraction of sp³-hybridized carbons (Fsp3) is 0.500. The topological polar surface area (TPSA) is 24.4 Å². The van der Waals surface area contributed by atoms with Crippen LogP contribution in [0.15, 0.2) is 28.4 Å². The van der Waals surface area contributed by atoms with Crippen molar-refractivity contribution in [3.05, 3.63) is 23.4 Å². The first kappa shape index (κ1) is 11.1. The summed E-state index contributed by atoms with van der Waals surface area (Å²) in [5.74, 6) is 0. The summed E-state index contributed by atoms with van der Waals surface area (Å²) < 4.78 is 0. The summed E-state index contributed by atoms with van der Waals surface area (Å²) in [6.45, 7) is 8.58. The summed E-state index contributed by atoms with van der Waals surface area (Å²) in [7, 11) is 1.96. The third-order valence-electron chi connectivity index (χ3n) is 1.54. The van der Waals surface area contributed by atoms with E-state index >= 15 is 0 Å². The Labute approximate surface area is 75.1 Å². The number of rotatable bonds is 5.